The van der Waals surface area contributed by atoms with E-state index in [-0.39, 0.29) is 29.8 Å². The number of rotatable bonds is 6. The second-order valence-electron chi connectivity index (χ2n) is 11.9. The molecule has 2 N–H and O–H groups in total. The third kappa shape index (κ3) is 4.34. The number of carbonyl (C=O) groups is 3. The summed E-state index contributed by atoms with van der Waals surface area (Å²) in [5.41, 5.74) is 0.302. The van der Waals surface area contributed by atoms with Gasteiger partial charge in [0.25, 0.3) is 0 Å². The van der Waals surface area contributed by atoms with Crippen molar-refractivity contribution < 1.29 is 19.1 Å². The second kappa shape index (κ2) is 10.3. The molecule has 6 rings (SSSR count). The predicted molar refractivity (Wildman–Crippen MR) is 153 cm³/mol. The lowest BCUT2D eigenvalue weighted by molar-refractivity contribution is -0.144. The van der Waals surface area contributed by atoms with E-state index in [1.165, 1.54) is 0 Å². The van der Waals surface area contributed by atoms with E-state index in [0.29, 0.717) is 22.5 Å². The first-order valence-corrected chi connectivity index (χ1v) is 14.7. The number of likely N-dealkylation sites (tertiary alicyclic amines) is 1. The summed E-state index contributed by atoms with van der Waals surface area (Å²) in [5.74, 6) is -1.48. The second-order valence-corrected chi connectivity index (χ2v) is 12.3. The molecule has 3 heterocycles. The zero-order chi connectivity index (χ0) is 28.2. The Morgan fingerprint density at radius 1 is 1.05 bits per heavy atom. The molecule has 1 saturated carbocycles. The number of benzene rings is 2. The summed E-state index contributed by atoms with van der Waals surface area (Å²) in [6.45, 7) is 6.36. The van der Waals surface area contributed by atoms with Gasteiger partial charge in [-0.3, -0.25) is 14.4 Å². The first-order valence-electron chi connectivity index (χ1n) is 14.3. The molecule has 3 fully saturated rings. The van der Waals surface area contributed by atoms with Crippen molar-refractivity contribution in [3.05, 3.63) is 77.3 Å². The smallest absolute Gasteiger partial charge is 0.246 e. The van der Waals surface area contributed by atoms with E-state index in [4.69, 9.17) is 16.3 Å². The number of amides is 3. The van der Waals surface area contributed by atoms with Gasteiger partial charge in [-0.25, -0.2) is 0 Å². The summed E-state index contributed by atoms with van der Waals surface area (Å²) in [6.07, 6.45) is 6.24. The van der Waals surface area contributed by atoms with Crippen molar-refractivity contribution in [3.63, 3.8) is 0 Å². The molecule has 2 bridgehead atoms. The van der Waals surface area contributed by atoms with Crippen LogP contribution in [0.4, 0.5) is 5.69 Å². The number of carbonyl (C=O) groups excluding carboxylic acids is 3. The standard InChI is InChI=1S/C32H36ClN3O4/c1-18-8-7-11-24(19(18)2)35-30(38)28-32-17-16-25(40-32)26(29(37)34-23-14-12-22(33)13-15-23)27(32)31(39)36(28)20(3)21-9-5-4-6-10-21/h4-6,9-10,12-20,24-28H,7-8,11H2,1-3H3,(H,34,37)(H,35,38)/t18?,19?,20?,24?,25-,26?,27-,28?,32?/m1/s1. The van der Waals surface area contributed by atoms with E-state index in [1.54, 1.807) is 29.2 Å². The van der Waals surface area contributed by atoms with Crippen molar-refractivity contribution in [2.24, 2.45) is 23.7 Å². The van der Waals surface area contributed by atoms with Gasteiger partial charge < -0.3 is 20.3 Å². The molecule has 4 aliphatic rings. The molecule has 2 aromatic rings. The van der Waals surface area contributed by atoms with Crippen LogP contribution in [0, 0.1) is 23.7 Å². The lowest BCUT2D eigenvalue weighted by atomic mass is 9.73. The summed E-state index contributed by atoms with van der Waals surface area (Å²) in [5, 5.41) is 6.82. The van der Waals surface area contributed by atoms with Crippen LogP contribution in [0.25, 0.3) is 0 Å². The molecule has 1 spiro atoms. The van der Waals surface area contributed by atoms with Crippen molar-refractivity contribution in [1.82, 2.24) is 10.2 Å². The van der Waals surface area contributed by atoms with Crippen LogP contribution < -0.4 is 10.6 Å². The van der Waals surface area contributed by atoms with Crippen LogP contribution in [-0.2, 0) is 19.1 Å². The Labute approximate surface area is 240 Å². The van der Waals surface area contributed by atoms with Gasteiger partial charge in [-0.1, -0.05) is 80.8 Å². The maximum Gasteiger partial charge on any atom is 0.246 e. The Morgan fingerprint density at radius 3 is 2.50 bits per heavy atom. The minimum Gasteiger partial charge on any atom is -0.359 e. The van der Waals surface area contributed by atoms with E-state index in [0.717, 1.165) is 24.8 Å². The number of nitrogens with zero attached hydrogens (tertiary/aromatic N) is 1. The van der Waals surface area contributed by atoms with Crippen LogP contribution in [0.15, 0.2) is 66.7 Å². The number of hydrogen-bond acceptors (Lipinski definition) is 4. The number of anilines is 1. The first-order chi connectivity index (χ1) is 19.2. The normalized spacial score (nSPS) is 35.0. The van der Waals surface area contributed by atoms with Gasteiger partial charge in [-0.2, -0.15) is 0 Å². The van der Waals surface area contributed by atoms with Crippen molar-refractivity contribution in [3.8, 4) is 0 Å². The molecular formula is C32H36ClN3O4. The van der Waals surface area contributed by atoms with Gasteiger partial charge in [0.2, 0.25) is 17.7 Å². The molecule has 2 saturated heterocycles. The molecule has 0 aromatic heterocycles. The summed E-state index contributed by atoms with van der Waals surface area (Å²) >= 11 is 6.02. The van der Waals surface area contributed by atoms with Crippen LogP contribution in [0.2, 0.25) is 5.02 Å². The van der Waals surface area contributed by atoms with E-state index in [9.17, 15) is 14.4 Å². The topological polar surface area (TPSA) is 87.7 Å². The Bertz CT molecular complexity index is 1330. The minimum absolute atomic E-state index is 0.0299. The van der Waals surface area contributed by atoms with Crippen molar-refractivity contribution in [2.75, 3.05) is 5.32 Å². The van der Waals surface area contributed by atoms with Gasteiger partial charge in [-0.15, -0.1) is 0 Å². The molecule has 8 heteroatoms. The highest BCUT2D eigenvalue weighted by Gasteiger charge is 2.73. The van der Waals surface area contributed by atoms with Crippen LogP contribution in [0.3, 0.4) is 0 Å². The molecule has 9 atom stereocenters. The summed E-state index contributed by atoms with van der Waals surface area (Å²) < 4.78 is 6.52. The van der Waals surface area contributed by atoms with Crippen molar-refractivity contribution in [2.45, 2.75) is 69.9 Å². The van der Waals surface area contributed by atoms with Gasteiger partial charge in [0.15, 0.2) is 0 Å². The highest BCUT2D eigenvalue weighted by atomic mass is 35.5. The minimum atomic E-state index is -1.21. The monoisotopic (exact) mass is 561 g/mol. The van der Waals surface area contributed by atoms with Gasteiger partial charge in [0, 0.05) is 16.8 Å². The third-order valence-electron chi connectivity index (χ3n) is 9.71. The Balaban J connectivity index is 1.35. The number of fused-ring (bicyclic) bond motifs is 1. The van der Waals surface area contributed by atoms with Crippen LogP contribution >= 0.6 is 11.6 Å². The molecule has 40 heavy (non-hydrogen) atoms. The van der Waals surface area contributed by atoms with Crippen LogP contribution in [0.1, 0.15) is 51.6 Å². The van der Waals surface area contributed by atoms with E-state index in [2.05, 4.69) is 24.5 Å². The maximum absolute atomic E-state index is 14.4. The molecule has 7 nitrogen and oxygen atoms in total. The Kier molecular flexibility index (Phi) is 6.99. The molecule has 3 amide bonds. The SMILES string of the molecule is CC1CCCC(NC(=O)C2N(C(C)c3ccccc3)C(=O)[C@H]3C(C(=O)Nc4ccc(Cl)cc4)[C@H]4C=CC23O4)C1C. The van der Waals surface area contributed by atoms with E-state index in [1.807, 2.05) is 49.4 Å². The van der Waals surface area contributed by atoms with Gasteiger partial charge in [-0.05, 0) is 55.0 Å². The number of halogens is 1. The van der Waals surface area contributed by atoms with Crippen LogP contribution in [0.5, 0.6) is 0 Å². The van der Waals surface area contributed by atoms with Gasteiger partial charge >= 0.3 is 0 Å². The molecule has 1 aliphatic carbocycles. The predicted octanol–water partition coefficient (Wildman–Crippen LogP) is 5.13. The first kappa shape index (κ1) is 27.0. The molecule has 2 aromatic carbocycles. The van der Waals surface area contributed by atoms with Gasteiger partial charge in [0.1, 0.15) is 11.6 Å². The number of hydrogen-bond donors (Lipinski definition) is 2. The zero-order valence-corrected chi connectivity index (χ0v) is 23.8. The maximum atomic E-state index is 14.4. The molecular weight excluding hydrogens is 526 g/mol. The average molecular weight is 562 g/mol. The fourth-order valence-corrected chi connectivity index (χ4v) is 7.45. The third-order valence-corrected chi connectivity index (χ3v) is 9.96. The summed E-state index contributed by atoms with van der Waals surface area (Å²) in [6, 6.07) is 15.3. The number of ether oxygens (including phenoxy) is 1. The molecule has 210 valence electrons. The van der Waals surface area contributed by atoms with E-state index < -0.39 is 29.6 Å². The fourth-order valence-electron chi connectivity index (χ4n) is 7.32. The quantitative estimate of drug-likeness (QED) is 0.479. The number of nitrogens with one attached hydrogen (secondary N) is 2. The molecule has 7 unspecified atom stereocenters. The molecule has 0 radical (unpaired) electrons. The summed E-state index contributed by atoms with van der Waals surface area (Å²) in [4.78, 5) is 43.9. The van der Waals surface area contributed by atoms with E-state index >= 15 is 0 Å². The Morgan fingerprint density at radius 2 is 1.77 bits per heavy atom. The van der Waals surface area contributed by atoms with Crippen molar-refractivity contribution >= 4 is 35.0 Å². The van der Waals surface area contributed by atoms with Crippen molar-refractivity contribution in [1.29, 1.82) is 0 Å². The van der Waals surface area contributed by atoms with Crippen LogP contribution in [-0.4, -0.2) is 46.4 Å². The largest absolute Gasteiger partial charge is 0.359 e. The highest BCUT2D eigenvalue weighted by Crippen LogP contribution is 2.56. The summed E-state index contributed by atoms with van der Waals surface area (Å²) in [7, 11) is 0. The van der Waals surface area contributed by atoms with Gasteiger partial charge in [0.05, 0.1) is 24.0 Å². The lowest BCUT2D eigenvalue weighted by Crippen LogP contribution is -2.58. The highest BCUT2D eigenvalue weighted by molar-refractivity contribution is 6.30. The Hall–Kier alpha value is -3.16. The lowest BCUT2D eigenvalue weighted by Gasteiger charge is -2.39. The average Bonchev–Trinajstić information content (AvgIpc) is 3.60. The molecule has 3 aliphatic heterocycles. The fraction of sp³-hybridized carbons (Fsp3) is 0.469. The zero-order valence-electron chi connectivity index (χ0n) is 23.0.